The summed E-state index contributed by atoms with van der Waals surface area (Å²) in [6.45, 7) is -0.136. The number of carbonyl (C=O) groups excluding carboxylic acids is 1. The summed E-state index contributed by atoms with van der Waals surface area (Å²) in [6.07, 6.45) is -1.07. The molecule has 0 fully saturated rings. The molecular weight excluding hydrogens is 380 g/mol. The summed E-state index contributed by atoms with van der Waals surface area (Å²) >= 11 is 1.12. The van der Waals surface area contributed by atoms with Crippen LogP contribution in [0.25, 0.3) is 0 Å². The number of hydrogen-bond donors (Lipinski definition) is 3. The fraction of sp³-hybridized carbons (Fsp3) is 0.250. The van der Waals surface area contributed by atoms with Crippen molar-refractivity contribution in [2.75, 3.05) is 18.4 Å². The lowest BCUT2D eigenvalue weighted by molar-refractivity contribution is -0.148. The topological polar surface area (TPSA) is 122 Å². The van der Waals surface area contributed by atoms with Gasteiger partial charge in [0.15, 0.2) is 6.10 Å². The molecule has 0 saturated carbocycles. The minimum atomic E-state index is -3.62. The predicted octanol–water partition coefficient (Wildman–Crippen LogP) is 1.31. The number of anilines is 1. The van der Waals surface area contributed by atoms with E-state index < -0.39 is 22.1 Å². The molecule has 1 unspecified atom stereocenters. The lowest BCUT2D eigenvalue weighted by Crippen LogP contribution is -2.38. The van der Waals surface area contributed by atoms with Gasteiger partial charge in [-0.3, -0.25) is 9.52 Å². The molecule has 2 rings (SSSR count). The largest absolute Gasteiger partial charge is 0.479 e. The normalized spacial score (nSPS) is 12.3. The molecule has 2 aromatic rings. The Balaban J connectivity index is 1.91. The highest BCUT2D eigenvalue weighted by atomic mass is 32.2. The van der Waals surface area contributed by atoms with Gasteiger partial charge in [-0.15, -0.1) is 11.3 Å². The molecule has 26 heavy (non-hydrogen) atoms. The first-order chi connectivity index (χ1) is 12.3. The number of carboxylic acids is 1. The van der Waals surface area contributed by atoms with Crippen molar-refractivity contribution in [1.29, 1.82) is 0 Å². The van der Waals surface area contributed by atoms with Crippen LogP contribution in [-0.2, 0) is 30.8 Å². The first kappa shape index (κ1) is 19.9. The van der Waals surface area contributed by atoms with Crippen LogP contribution in [0, 0.1) is 0 Å². The van der Waals surface area contributed by atoms with Crippen molar-refractivity contribution in [2.45, 2.75) is 16.7 Å². The zero-order valence-corrected chi connectivity index (χ0v) is 15.5. The average molecular weight is 398 g/mol. The molecule has 1 amide bonds. The maximum atomic E-state index is 12.1. The van der Waals surface area contributed by atoms with Gasteiger partial charge >= 0.3 is 5.97 Å². The van der Waals surface area contributed by atoms with Crippen molar-refractivity contribution in [1.82, 2.24) is 5.32 Å². The van der Waals surface area contributed by atoms with E-state index in [4.69, 9.17) is 9.84 Å². The van der Waals surface area contributed by atoms with Crippen LogP contribution in [0.5, 0.6) is 0 Å². The summed E-state index contributed by atoms with van der Waals surface area (Å²) in [5.41, 5.74) is 1.04. The average Bonchev–Trinajstić information content (AvgIpc) is 3.12. The van der Waals surface area contributed by atoms with Crippen molar-refractivity contribution in [3.8, 4) is 0 Å². The number of carbonyl (C=O) groups is 2. The van der Waals surface area contributed by atoms with Crippen LogP contribution in [-0.4, -0.2) is 45.2 Å². The summed E-state index contributed by atoms with van der Waals surface area (Å²) in [5.74, 6) is -1.52. The van der Waals surface area contributed by atoms with E-state index >= 15 is 0 Å². The quantitative estimate of drug-likeness (QED) is 0.585. The Hall–Kier alpha value is -2.43. The number of hydrogen-bond acceptors (Lipinski definition) is 6. The Morgan fingerprint density at radius 1 is 1.23 bits per heavy atom. The van der Waals surface area contributed by atoms with Gasteiger partial charge in [0.2, 0.25) is 5.91 Å². The Kier molecular flexibility index (Phi) is 6.72. The zero-order chi connectivity index (χ0) is 19.2. The van der Waals surface area contributed by atoms with Crippen molar-refractivity contribution < 1.29 is 27.9 Å². The molecule has 8 nitrogen and oxygen atoms in total. The van der Waals surface area contributed by atoms with Gasteiger partial charge in [0, 0.05) is 12.8 Å². The molecule has 1 atom stereocenters. The van der Waals surface area contributed by atoms with E-state index in [0.717, 1.165) is 11.3 Å². The summed E-state index contributed by atoms with van der Waals surface area (Å²) in [5, 5.41) is 13.0. The van der Waals surface area contributed by atoms with Crippen molar-refractivity contribution in [2.24, 2.45) is 0 Å². The highest BCUT2D eigenvalue weighted by molar-refractivity contribution is 7.94. The molecule has 0 spiro atoms. The van der Waals surface area contributed by atoms with Crippen molar-refractivity contribution in [3.63, 3.8) is 0 Å². The molecule has 0 radical (unpaired) electrons. The number of aliphatic carboxylic acids is 1. The van der Waals surface area contributed by atoms with Crippen LogP contribution in [0.2, 0.25) is 0 Å². The number of benzene rings is 1. The second kappa shape index (κ2) is 8.79. The molecule has 0 saturated heterocycles. The second-order valence-electron chi connectivity index (χ2n) is 5.28. The van der Waals surface area contributed by atoms with Gasteiger partial charge in [0.05, 0.1) is 13.0 Å². The van der Waals surface area contributed by atoms with Gasteiger partial charge in [0.1, 0.15) is 4.21 Å². The predicted molar refractivity (Wildman–Crippen MR) is 96.7 cm³/mol. The third-order valence-corrected chi connectivity index (χ3v) is 6.15. The van der Waals surface area contributed by atoms with Gasteiger partial charge in [-0.1, -0.05) is 18.2 Å². The van der Waals surface area contributed by atoms with Crippen LogP contribution < -0.4 is 10.0 Å². The van der Waals surface area contributed by atoms with E-state index in [1.165, 1.54) is 13.2 Å². The summed E-state index contributed by atoms with van der Waals surface area (Å²) < 4.78 is 31.7. The maximum absolute atomic E-state index is 12.1. The Morgan fingerprint density at radius 2 is 1.92 bits per heavy atom. The van der Waals surface area contributed by atoms with Crippen LogP contribution in [0.4, 0.5) is 5.69 Å². The van der Waals surface area contributed by atoms with Gasteiger partial charge in [-0.05, 0) is 29.1 Å². The van der Waals surface area contributed by atoms with E-state index in [1.807, 2.05) is 0 Å². The molecule has 0 bridgehead atoms. The number of carboxylic acid groups (broad SMARTS) is 1. The molecule has 10 heteroatoms. The molecule has 1 aromatic carbocycles. The monoisotopic (exact) mass is 398 g/mol. The van der Waals surface area contributed by atoms with Crippen LogP contribution >= 0.6 is 11.3 Å². The first-order valence-corrected chi connectivity index (χ1v) is 9.85. The van der Waals surface area contributed by atoms with Crippen molar-refractivity contribution >= 4 is 38.9 Å². The smallest absolute Gasteiger partial charge is 0.334 e. The molecule has 3 N–H and O–H groups in total. The maximum Gasteiger partial charge on any atom is 0.334 e. The molecule has 0 aliphatic rings. The number of methoxy groups -OCH3 is 1. The lowest BCUT2D eigenvalue weighted by atomic mass is 10.1. The Bertz CT molecular complexity index is 847. The highest BCUT2D eigenvalue weighted by Crippen LogP contribution is 2.20. The van der Waals surface area contributed by atoms with Crippen molar-refractivity contribution in [3.05, 3.63) is 47.3 Å². The van der Waals surface area contributed by atoms with Gasteiger partial charge < -0.3 is 15.2 Å². The third-order valence-electron chi connectivity index (χ3n) is 3.38. The van der Waals surface area contributed by atoms with E-state index in [1.54, 1.807) is 35.7 Å². The summed E-state index contributed by atoms with van der Waals surface area (Å²) in [7, 11) is -2.36. The lowest BCUT2D eigenvalue weighted by Gasteiger charge is -2.12. The zero-order valence-electron chi connectivity index (χ0n) is 13.8. The number of sulfonamides is 1. The molecule has 140 valence electrons. The molecule has 0 aliphatic carbocycles. The fourth-order valence-electron chi connectivity index (χ4n) is 2.04. The van der Waals surface area contributed by atoms with E-state index in [2.05, 4.69) is 10.0 Å². The number of thiophene rings is 1. The Morgan fingerprint density at radius 3 is 2.46 bits per heavy atom. The molecule has 1 heterocycles. The summed E-state index contributed by atoms with van der Waals surface area (Å²) in [4.78, 5) is 22.7. The minimum absolute atomic E-state index is 0.0357. The van der Waals surface area contributed by atoms with Crippen LogP contribution in [0.15, 0.2) is 46.0 Å². The SMILES string of the molecule is COC(CNC(=O)Cc1ccc(NS(=O)(=O)c2cccs2)cc1)C(=O)O. The number of ether oxygens (including phenoxy) is 1. The summed E-state index contributed by atoms with van der Waals surface area (Å²) in [6, 6.07) is 9.52. The molecule has 1 aromatic heterocycles. The van der Waals surface area contributed by atoms with Gasteiger partial charge in [-0.25, -0.2) is 13.2 Å². The van der Waals surface area contributed by atoms with E-state index in [9.17, 15) is 18.0 Å². The minimum Gasteiger partial charge on any atom is -0.479 e. The number of rotatable bonds is 9. The Labute approximate surface area is 154 Å². The third kappa shape index (κ3) is 5.55. The van der Waals surface area contributed by atoms with Gasteiger partial charge in [-0.2, -0.15) is 0 Å². The molecular formula is C16H18N2O6S2. The number of nitrogens with one attached hydrogen (secondary N) is 2. The van der Waals surface area contributed by atoms with E-state index in [0.29, 0.717) is 11.3 Å². The second-order valence-corrected chi connectivity index (χ2v) is 8.13. The van der Waals surface area contributed by atoms with Gasteiger partial charge in [0.25, 0.3) is 10.0 Å². The number of amides is 1. The fourth-order valence-corrected chi connectivity index (χ4v) is 4.09. The van der Waals surface area contributed by atoms with Crippen LogP contribution in [0.3, 0.4) is 0 Å². The molecule has 0 aliphatic heterocycles. The standard InChI is InChI=1S/C16H18N2O6S2/c1-24-13(16(20)21)10-17-14(19)9-11-4-6-12(7-5-11)18-26(22,23)15-3-2-8-25-15/h2-8,13,18H,9-10H2,1H3,(H,17,19)(H,20,21). The first-order valence-electron chi connectivity index (χ1n) is 7.49. The highest BCUT2D eigenvalue weighted by Gasteiger charge is 2.17. The van der Waals surface area contributed by atoms with E-state index in [-0.39, 0.29) is 23.1 Å². The van der Waals surface area contributed by atoms with Crippen LogP contribution in [0.1, 0.15) is 5.56 Å².